The molecule has 0 aromatic carbocycles. The predicted molar refractivity (Wildman–Crippen MR) is 58.1 cm³/mol. The molecule has 0 aliphatic rings. The van der Waals surface area contributed by atoms with Crippen molar-refractivity contribution in [2.24, 2.45) is 11.1 Å². The highest BCUT2D eigenvalue weighted by Crippen LogP contribution is 2.20. The van der Waals surface area contributed by atoms with Crippen LogP contribution in [0.1, 0.15) is 20.3 Å². The van der Waals surface area contributed by atoms with E-state index < -0.39 is 5.41 Å². The molecule has 82 valence electrons. The number of rotatable bonds is 4. The summed E-state index contributed by atoms with van der Waals surface area (Å²) in [6, 6.07) is 0. The summed E-state index contributed by atoms with van der Waals surface area (Å²) in [6.07, 6.45) is 5.28. The van der Waals surface area contributed by atoms with E-state index in [0.29, 0.717) is 18.8 Å². The third kappa shape index (κ3) is 2.73. The van der Waals surface area contributed by atoms with Gasteiger partial charge in [-0.05, 0) is 13.3 Å². The fourth-order valence-electron chi connectivity index (χ4n) is 1.03. The van der Waals surface area contributed by atoms with Crippen LogP contribution < -0.4 is 11.1 Å². The molecular weight excluding hydrogens is 192 g/mol. The lowest BCUT2D eigenvalue weighted by Gasteiger charge is -2.24. The molecule has 0 bridgehead atoms. The molecule has 1 rings (SSSR count). The number of aromatic nitrogens is 2. The van der Waals surface area contributed by atoms with Crippen molar-refractivity contribution in [3.8, 4) is 0 Å². The summed E-state index contributed by atoms with van der Waals surface area (Å²) in [7, 11) is 0. The van der Waals surface area contributed by atoms with Gasteiger partial charge in [0.05, 0.1) is 11.6 Å². The summed E-state index contributed by atoms with van der Waals surface area (Å²) < 4.78 is 0. The maximum Gasteiger partial charge on any atom is 0.232 e. The van der Waals surface area contributed by atoms with Gasteiger partial charge in [-0.1, -0.05) is 6.92 Å². The van der Waals surface area contributed by atoms with Crippen LogP contribution in [0.2, 0.25) is 0 Å². The van der Waals surface area contributed by atoms with Crippen molar-refractivity contribution in [2.45, 2.75) is 20.3 Å². The standard InChI is InChI=1S/C10H16N4O/c1-3-10(2,7-11)9(15)14-8-6-12-4-5-13-8/h4-6H,3,7,11H2,1-2H3,(H,13,14,15). The Kier molecular flexibility index (Phi) is 3.74. The van der Waals surface area contributed by atoms with Crippen molar-refractivity contribution in [2.75, 3.05) is 11.9 Å². The Morgan fingerprint density at radius 3 is 2.80 bits per heavy atom. The van der Waals surface area contributed by atoms with Crippen molar-refractivity contribution >= 4 is 11.7 Å². The summed E-state index contributed by atoms with van der Waals surface area (Å²) in [4.78, 5) is 19.7. The Morgan fingerprint density at radius 2 is 2.33 bits per heavy atom. The van der Waals surface area contributed by atoms with Gasteiger partial charge in [-0.2, -0.15) is 0 Å². The molecule has 0 spiro atoms. The average molecular weight is 208 g/mol. The molecule has 0 fully saturated rings. The van der Waals surface area contributed by atoms with E-state index in [2.05, 4.69) is 15.3 Å². The highest BCUT2D eigenvalue weighted by atomic mass is 16.2. The van der Waals surface area contributed by atoms with Gasteiger partial charge in [-0.25, -0.2) is 4.98 Å². The zero-order chi connectivity index (χ0) is 11.3. The molecule has 1 aromatic heterocycles. The summed E-state index contributed by atoms with van der Waals surface area (Å²) >= 11 is 0. The number of nitrogens with one attached hydrogen (secondary N) is 1. The Morgan fingerprint density at radius 1 is 1.60 bits per heavy atom. The number of hydrogen-bond acceptors (Lipinski definition) is 4. The second kappa shape index (κ2) is 4.84. The third-order valence-electron chi connectivity index (χ3n) is 2.58. The van der Waals surface area contributed by atoms with E-state index in [1.54, 1.807) is 6.20 Å². The first-order valence-corrected chi connectivity index (χ1v) is 4.90. The minimum absolute atomic E-state index is 0.118. The predicted octanol–water partition coefficient (Wildman–Crippen LogP) is 0.790. The first-order chi connectivity index (χ1) is 7.12. The number of nitrogens with two attached hydrogens (primary N) is 1. The lowest BCUT2D eigenvalue weighted by atomic mass is 9.87. The van der Waals surface area contributed by atoms with Crippen molar-refractivity contribution in [3.63, 3.8) is 0 Å². The summed E-state index contributed by atoms with van der Waals surface area (Å²) in [5, 5.41) is 2.69. The van der Waals surface area contributed by atoms with Gasteiger partial charge >= 0.3 is 0 Å². The Bertz CT molecular complexity index is 321. The molecule has 5 nitrogen and oxygen atoms in total. The molecule has 1 aromatic rings. The van der Waals surface area contributed by atoms with Crippen molar-refractivity contribution in [1.82, 2.24) is 9.97 Å². The normalized spacial score (nSPS) is 14.3. The molecule has 0 saturated carbocycles. The number of carbonyl (C=O) groups excluding carboxylic acids is 1. The summed E-state index contributed by atoms with van der Waals surface area (Å²) in [6.45, 7) is 4.08. The molecule has 0 aliphatic carbocycles. The van der Waals surface area contributed by atoms with Gasteiger partial charge in [0.15, 0.2) is 5.82 Å². The number of amides is 1. The van der Waals surface area contributed by atoms with Crippen LogP contribution in [0.5, 0.6) is 0 Å². The van der Waals surface area contributed by atoms with Gasteiger partial charge in [0.1, 0.15) is 0 Å². The van der Waals surface area contributed by atoms with Gasteiger partial charge in [0.2, 0.25) is 5.91 Å². The molecule has 0 saturated heterocycles. The molecule has 0 aliphatic heterocycles. The Balaban J connectivity index is 2.71. The molecule has 1 atom stereocenters. The first-order valence-electron chi connectivity index (χ1n) is 4.90. The zero-order valence-corrected chi connectivity index (χ0v) is 9.03. The number of nitrogens with zero attached hydrogens (tertiary/aromatic N) is 2. The molecule has 1 heterocycles. The van der Waals surface area contributed by atoms with Crippen LogP contribution in [-0.2, 0) is 4.79 Å². The van der Waals surface area contributed by atoms with E-state index in [4.69, 9.17) is 5.73 Å². The van der Waals surface area contributed by atoms with Crippen LogP contribution in [0.25, 0.3) is 0 Å². The van der Waals surface area contributed by atoms with E-state index in [0.717, 1.165) is 0 Å². The maximum absolute atomic E-state index is 11.8. The zero-order valence-electron chi connectivity index (χ0n) is 9.03. The van der Waals surface area contributed by atoms with Crippen LogP contribution in [0.3, 0.4) is 0 Å². The second-order valence-electron chi connectivity index (χ2n) is 3.66. The van der Waals surface area contributed by atoms with Crippen LogP contribution in [0, 0.1) is 5.41 Å². The highest BCUT2D eigenvalue weighted by Gasteiger charge is 2.29. The van der Waals surface area contributed by atoms with Gasteiger partial charge < -0.3 is 11.1 Å². The monoisotopic (exact) mass is 208 g/mol. The van der Waals surface area contributed by atoms with Crippen LogP contribution in [-0.4, -0.2) is 22.4 Å². The highest BCUT2D eigenvalue weighted by molar-refractivity contribution is 5.94. The Labute approximate surface area is 89.1 Å². The van der Waals surface area contributed by atoms with Gasteiger partial charge in [0.25, 0.3) is 0 Å². The fourth-order valence-corrected chi connectivity index (χ4v) is 1.03. The quantitative estimate of drug-likeness (QED) is 0.766. The minimum atomic E-state index is -0.544. The van der Waals surface area contributed by atoms with Crippen molar-refractivity contribution in [1.29, 1.82) is 0 Å². The van der Waals surface area contributed by atoms with E-state index in [-0.39, 0.29) is 5.91 Å². The molecule has 5 heteroatoms. The SMILES string of the molecule is CCC(C)(CN)C(=O)Nc1cnccn1. The van der Waals surface area contributed by atoms with Crippen LogP contribution in [0.15, 0.2) is 18.6 Å². The summed E-state index contributed by atoms with van der Waals surface area (Å²) in [5.41, 5.74) is 5.03. The maximum atomic E-state index is 11.8. The molecule has 1 amide bonds. The number of anilines is 1. The van der Waals surface area contributed by atoms with Crippen LogP contribution >= 0.6 is 0 Å². The number of carbonyl (C=O) groups is 1. The lowest BCUT2D eigenvalue weighted by Crippen LogP contribution is -2.39. The molecular formula is C10H16N4O. The fraction of sp³-hybridized carbons (Fsp3) is 0.500. The summed E-state index contributed by atoms with van der Waals surface area (Å²) in [5.74, 6) is 0.337. The number of hydrogen-bond donors (Lipinski definition) is 2. The average Bonchev–Trinajstić information content (AvgIpc) is 2.29. The first kappa shape index (κ1) is 11.6. The van der Waals surface area contributed by atoms with Gasteiger partial charge in [-0.15, -0.1) is 0 Å². The molecule has 1 unspecified atom stereocenters. The largest absolute Gasteiger partial charge is 0.329 e. The van der Waals surface area contributed by atoms with Gasteiger partial charge in [0, 0.05) is 18.9 Å². The smallest absolute Gasteiger partial charge is 0.232 e. The van der Waals surface area contributed by atoms with E-state index in [1.807, 2.05) is 13.8 Å². The minimum Gasteiger partial charge on any atom is -0.329 e. The third-order valence-corrected chi connectivity index (χ3v) is 2.58. The van der Waals surface area contributed by atoms with Gasteiger partial charge in [-0.3, -0.25) is 9.78 Å². The molecule has 0 radical (unpaired) electrons. The second-order valence-corrected chi connectivity index (χ2v) is 3.66. The van der Waals surface area contributed by atoms with Crippen molar-refractivity contribution < 1.29 is 4.79 Å². The van der Waals surface area contributed by atoms with Crippen LogP contribution in [0.4, 0.5) is 5.82 Å². The van der Waals surface area contributed by atoms with Crippen molar-refractivity contribution in [3.05, 3.63) is 18.6 Å². The van der Waals surface area contributed by atoms with E-state index in [9.17, 15) is 4.79 Å². The molecule has 3 N–H and O–H groups in total. The lowest BCUT2D eigenvalue weighted by molar-refractivity contribution is -0.124. The topological polar surface area (TPSA) is 80.9 Å². The van der Waals surface area contributed by atoms with E-state index in [1.165, 1.54) is 12.4 Å². The Hall–Kier alpha value is -1.49. The van der Waals surface area contributed by atoms with E-state index >= 15 is 0 Å². The molecule has 15 heavy (non-hydrogen) atoms.